The van der Waals surface area contributed by atoms with Crippen LogP contribution in [-0.2, 0) is 0 Å². The van der Waals surface area contributed by atoms with E-state index in [9.17, 15) is 4.79 Å². The minimum atomic E-state index is -0.104. The van der Waals surface area contributed by atoms with Gasteiger partial charge in [-0.2, -0.15) is 0 Å². The molecule has 0 unspecified atom stereocenters. The summed E-state index contributed by atoms with van der Waals surface area (Å²) in [6.07, 6.45) is 3.94. The van der Waals surface area contributed by atoms with E-state index in [-0.39, 0.29) is 11.7 Å². The summed E-state index contributed by atoms with van der Waals surface area (Å²) >= 11 is 0. The Labute approximate surface area is 108 Å². The molecule has 0 aliphatic heterocycles. The Morgan fingerprint density at radius 3 is 2.11 bits per heavy atom. The minimum absolute atomic E-state index is 0.104. The topological polar surface area (TPSA) is 17.1 Å². The molecule has 1 nitrogen and oxygen atoms in total. The zero-order valence-corrected chi connectivity index (χ0v) is 10.4. The van der Waals surface area contributed by atoms with E-state index in [0.29, 0.717) is 0 Å². The zero-order chi connectivity index (χ0) is 12.8. The molecule has 2 aromatic carbocycles. The smallest absolute Gasteiger partial charge is 0.169 e. The fraction of sp³-hybridized carbons (Fsp3) is 0.118. The summed E-state index contributed by atoms with van der Waals surface area (Å²) in [6, 6.07) is 19.4. The van der Waals surface area contributed by atoms with Gasteiger partial charge in [-0.15, -0.1) is 0 Å². The number of carbonyl (C=O) groups is 1. The summed E-state index contributed by atoms with van der Waals surface area (Å²) < 4.78 is 0. The van der Waals surface area contributed by atoms with E-state index in [4.69, 9.17) is 0 Å². The van der Waals surface area contributed by atoms with Crippen molar-refractivity contribution < 1.29 is 4.79 Å². The van der Waals surface area contributed by atoms with Crippen LogP contribution >= 0.6 is 0 Å². The third kappa shape index (κ3) is 3.17. The van der Waals surface area contributed by atoms with Crippen LogP contribution in [0.4, 0.5) is 0 Å². The van der Waals surface area contributed by atoms with Crippen molar-refractivity contribution in [2.45, 2.75) is 6.92 Å². The highest BCUT2D eigenvalue weighted by Crippen LogP contribution is 2.12. The van der Waals surface area contributed by atoms with Crippen LogP contribution in [-0.4, -0.2) is 5.78 Å². The molecular formula is C17H16O. The van der Waals surface area contributed by atoms with Crippen LogP contribution in [0.1, 0.15) is 22.8 Å². The lowest BCUT2D eigenvalue weighted by Crippen LogP contribution is -2.08. The average Bonchev–Trinajstić information content (AvgIpc) is 2.46. The molecule has 0 aliphatic carbocycles. The number of carbonyl (C=O) groups excluding carboxylic acids is 1. The highest BCUT2D eigenvalue weighted by molar-refractivity contribution is 5.99. The molecule has 0 aliphatic rings. The van der Waals surface area contributed by atoms with E-state index < -0.39 is 0 Å². The molecule has 0 saturated carbocycles. The summed E-state index contributed by atoms with van der Waals surface area (Å²) in [4.78, 5) is 12.1. The van der Waals surface area contributed by atoms with E-state index >= 15 is 0 Å². The van der Waals surface area contributed by atoms with Crippen LogP contribution in [0.2, 0.25) is 0 Å². The molecule has 0 aromatic heterocycles. The Morgan fingerprint density at radius 1 is 0.944 bits per heavy atom. The predicted molar refractivity (Wildman–Crippen MR) is 75.4 cm³/mol. The molecule has 2 rings (SSSR count). The Morgan fingerprint density at radius 2 is 1.50 bits per heavy atom. The van der Waals surface area contributed by atoms with Crippen molar-refractivity contribution >= 4 is 11.9 Å². The highest BCUT2D eigenvalue weighted by Gasteiger charge is 2.11. The van der Waals surface area contributed by atoms with Crippen molar-refractivity contribution in [3.8, 4) is 0 Å². The van der Waals surface area contributed by atoms with Gasteiger partial charge >= 0.3 is 0 Å². The molecule has 90 valence electrons. The fourth-order valence-electron chi connectivity index (χ4n) is 1.77. The van der Waals surface area contributed by atoms with Crippen molar-refractivity contribution in [2.75, 3.05) is 0 Å². The molecule has 0 fully saturated rings. The first-order valence-electron chi connectivity index (χ1n) is 6.10. The molecular weight excluding hydrogens is 220 g/mol. The largest absolute Gasteiger partial charge is 0.294 e. The molecule has 0 heterocycles. The van der Waals surface area contributed by atoms with Gasteiger partial charge in [0, 0.05) is 11.5 Å². The lowest BCUT2D eigenvalue weighted by atomic mass is 9.98. The van der Waals surface area contributed by atoms with E-state index in [1.807, 2.05) is 79.7 Å². The lowest BCUT2D eigenvalue weighted by Gasteiger charge is -2.05. The van der Waals surface area contributed by atoms with Gasteiger partial charge in [0.2, 0.25) is 0 Å². The summed E-state index contributed by atoms with van der Waals surface area (Å²) in [6.45, 7) is 1.93. The second-order valence-electron chi connectivity index (χ2n) is 4.29. The van der Waals surface area contributed by atoms with Gasteiger partial charge in [-0.05, 0) is 5.56 Å². The first kappa shape index (κ1) is 12.3. The quantitative estimate of drug-likeness (QED) is 0.726. The van der Waals surface area contributed by atoms with E-state index in [0.717, 1.165) is 11.1 Å². The van der Waals surface area contributed by atoms with Gasteiger partial charge in [0.1, 0.15) is 0 Å². The van der Waals surface area contributed by atoms with Crippen molar-refractivity contribution in [3.63, 3.8) is 0 Å². The number of Topliss-reactive ketones (excluding diaryl/α,β-unsaturated/α-hetero) is 1. The third-order valence-electron chi connectivity index (χ3n) is 2.85. The van der Waals surface area contributed by atoms with Gasteiger partial charge in [-0.25, -0.2) is 0 Å². The van der Waals surface area contributed by atoms with Crippen molar-refractivity contribution in [1.82, 2.24) is 0 Å². The Balaban J connectivity index is 2.07. The van der Waals surface area contributed by atoms with Crippen LogP contribution in [0.25, 0.3) is 6.08 Å². The average molecular weight is 236 g/mol. The van der Waals surface area contributed by atoms with Gasteiger partial charge in [-0.3, -0.25) is 4.79 Å². The molecule has 0 bridgehead atoms. The van der Waals surface area contributed by atoms with E-state index in [1.165, 1.54) is 0 Å². The summed E-state index contributed by atoms with van der Waals surface area (Å²) in [5.74, 6) is 0.0513. The molecule has 0 saturated heterocycles. The van der Waals surface area contributed by atoms with Crippen molar-refractivity contribution in [2.24, 2.45) is 5.92 Å². The number of benzene rings is 2. The summed E-state index contributed by atoms with van der Waals surface area (Å²) in [5, 5.41) is 0. The van der Waals surface area contributed by atoms with Crippen LogP contribution in [0.5, 0.6) is 0 Å². The first-order valence-corrected chi connectivity index (χ1v) is 6.10. The molecule has 2 aromatic rings. The van der Waals surface area contributed by atoms with Crippen molar-refractivity contribution in [3.05, 3.63) is 77.9 Å². The van der Waals surface area contributed by atoms with Crippen LogP contribution < -0.4 is 0 Å². The Hall–Kier alpha value is -2.15. The summed E-state index contributed by atoms with van der Waals surface area (Å²) in [5.41, 5.74) is 1.88. The molecule has 1 heteroatoms. The Kier molecular flexibility index (Phi) is 4.08. The second-order valence-corrected chi connectivity index (χ2v) is 4.29. The molecule has 0 amide bonds. The fourth-order valence-corrected chi connectivity index (χ4v) is 1.77. The zero-order valence-electron chi connectivity index (χ0n) is 10.4. The third-order valence-corrected chi connectivity index (χ3v) is 2.85. The monoisotopic (exact) mass is 236 g/mol. The normalized spacial score (nSPS) is 12.5. The molecule has 1 atom stereocenters. The lowest BCUT2D eigenvalue weighted by molar-refractivity contribution is 0.0953. The second kappa shape index (κ2) is 5.97. The predicted octanol–water partition coefficient (Wildman–Crippen LogP) is 4.22. The van der Waals surface area contributed by atoms with E-state index in [2.05, 4.69) is 0 Å². The summed E-state index contributed by atoms with van der Waals surface area (Å²) in [7, 11) is 0. The van der Waals surface area contributed by atoms with Gasteiger partial charge in [0.05, 0.1) is 0 Å². The molecule has 0 N–H and O–H groups in total. The molecule has 18 heavy (non-hydrogen) atoms. The maximum absolute atomic E-state index is 12.1. The number of rotatable bonds is 4. The van der Waals surface area contributed by atoms with Crippen LogP contribution in [0.3, 0.4) is 0 Å². The number of hydrogen-bond donors (Lipinski definition) is 0. The van der Waals surface area contributed by atoms with Gasteiger partial charge in [0.15, 0.2) is 5.78 Å². The maximum Gasteiger partial charge on any atom is 0.169 e. The number of ketones is 1. The Bertz CT molecular complexity index is 526. The van der Waals surface area contributed by atoms with Crippen LogP contribution in [0, 0.1) is 5.92 Å². The van der Waals surface area contributed by atoms with Gasteiger partial charge in [-0.1, -0.05) is 79.7 Å². The SMILES string of the molecule is C[C@@H](/C=C/c1ccccc1)C(=O)c1ccccc1. The van der Waals surface area contributed by atoms with E-state index in [1.54, 1.807) is 0 Å². The van der Waals surface area contributed by atoms with Crippen molar-refractivity contribution in [1.29, 1.82) is 0 Å². The number of allylic oxidation sites excluding steroid dienone is 1. The molecule has 0 spiro atoms. The number of hydrogen-bond acceptors (Lipinski definition) is 1. The maximum atomic E-state index is 12.1. The first-order chi connectivity index (χ1) is 8.77. The standard InChI is InChI=1S/C17H16O/c1-14(12-13-15-8-4-2-5-9-15)17(18)16-10-6-3-7-11-16/h2-14H,1H3/b13-12+/t14-/m0/s1. The van der Waals surface area contributed by atoms with Gasteiger partial charge in [0.25, 0.3) is 0 Å². The molecule has 0 radical (unpaired) electrons. The van der Waals surface area contributed by atoms with Crippen LogP contribution in [0.15, 0.2) is 66.7 Å². The van der Waals surface area contributed by atoms with Gasteiger partial charge < -0.3 is 0 Å². The highest BCUT2D eigenvalue weighted by atomic mass is 16.1. The minimum Gasteiger partial charge on any atom is -0.294 e.